The van der Waals surface area contributed by atoms with Crippen molar-refractivity contribution in [3.8, 4) is 0 Å². The first-order valence-corrected chi connectivity index (χ1v) is 11.0. The van der Waals surface area contributed by atoms with Crippen LogP contribution in [0.1, 0.15) is 18.5 Å². The van der Waals surface area contributed by atoms with Crippen LogP contribution in [0.4, 0.5) is 0 Å². The molecule has 0 saturated carbocycles. The van der Waals surface area contributed by atoms with Crippen LogP contribution in [0.15, 0.2) is 12.5 Å². The van der Waals surface area contributed by atoms with E-state index in [1.165, 1.54) is 6.33 Å². The predicted molar refractivity (Wildman–Crippen MR) is 111 cm³/mol. The Morgan fingerprint density at radius 2 is 1.45 bits per heavy atom. The van der Waals surface area contributed by atoms with E-state index in [1.54, 1.807) is 6.20 Å². The number of nitrogens with zero attached hydrogens (tertiary/aromatic N) is 1. The number of carbonyl (C=O) groups is 2. The molecule has 0 aromatic carbocycles. The van der Waals surface area contributed by atoms with E-state index in [2.05, 4.69) is 15.3 Å². The van der Waals surface area contributed by atoms with Gasteiger partial charge in [-0.05, 0) is 12.8 Å². The first-order valence-electron chi connectivity index (χ1n) is 8.16. The first-order chi connectivity index (χ1) is 14.7. The van der Waals surface area contributed by atoms with Crippen molar-refractivity contribution < 1.29 is 54.8 Å². The maximum Gasteiger partial charge on any atom is 0.394 e. The fourth-order valence-corrected chi connectivity index (χ4v) is 1.38. The summed E-state index contributed by atoms with van der Waals surface area (Å²) in [5.41, 5.74) is 16.1. The molecule has 0 bridgehead atoms. The van der Waals surface area contributed by atoms with Crippen LogP contribution in [0.25, 0.3) is 0 Å². The van der Waals surface area contributed by atoms with E-state index in [9.17, 15) is 9.59 Å². The molecule has 0 aliphatic rings. The lowest BCUT2D eigenvalue weighted by Crippen LogP contribution is -2.34. The highest BCUT2D eigenvalue weighted by Crippen LogP contribution is 1.95. The molecule has 0 amide bonds. The molecule has 0 saturated heterocycles. The van der Waals surface area contributed by atoms with Crippen molar-refractivity contribution in [3.63, 3.8) is 0 Å². The number of nitrogens with two attached hydrogens (primary N) is 3. The number of aromatic amines is 1. The third-order valence-electron chi connectivity index (χ3n) is 2.63. The second kappa shape index (κ2) is 17.6. The minimum absolute atomic E-state index is 0.112. The van der Waals surface area contributed by atoms with Crippen LogP contribution in [0.5, 0.6) is 0 Å². The molecular weight excluding hydrogens is 498 g/mol. The van der Waals surface area contributed by atoms with Crippen molar-refractivity contribution in [2.24, 2.45) is 17.2 Å². The molecule has 33 heavy (non-hydrogen) atoms. The highest BCUT2D eigenvalue weighted by Gasteiger charge is 2.12. The standard InChI is InChI=1S/C6H14N4O2.C6H9N3O2.2H2O4S/c7-4(5(11)12)2-1-3-10-6(8)9;7-5(6(10)11)1-4-2-8-3-9-4;2*1-5(2,3)4/h4H,1-3,7H2,(H,11,12)(H4,8,9,10);2-3,5H,1,7H2,(H,8,9)(H,10,11);2*(H2,1,2,3,4)/t4-;5-;;/m00../s1. The number of guanidine groups is 1. The third kappa shape index (κ3) is 40.0. The average Bonchev–Trinajstić information content (AvgIpc) is 3.08. The summed E-state index contributed by atoms with van der Waals surface area (Å²) in [6.07, 6.45) is 4.36. The minimum Gasteiger partial charge on any atom is -0.480 e. The second-order valence-electron chi connectivity index (χ2n) is 5.53. The van der Waals surface area contributed by atoms with Gasteiger partial charge in [0.1, 0.15) is 12.1 Å². The maximum atomic E-state index is 10.3. The van der Waals surface area contributed by atoms with Crippen molar-refractivity contribution in [3.05, 3.63) is 18.2 Å². The van der Waals surface area contributed by atoms with Crippen LogP contribution in [-0.2, 0) is 36.8 Å². The van der Waals surface area contributed by atoms with Gasteiger partial charge in [0.15, 0.2) is 5.96 Å². The van der Waals surface area contributed by atoms with Crippen LogP contribution in [0, 0.1) is 5.41 Å². The normalized spacial score (nSPS) is 12.2. The van der Waals surface area contributed by atoms with Crippen LogP contribution < -0.4 is 22.5 Å². The molecule has 0 aliphatic heterocycles. The molecule has 2 atom stereocenters. The van der Waals surface area contributed by atoms with Crippen LogP contribution in [0.2, 0.25) is 0 Å². The SMILES string of the molecule is N=C(N)NCCC[C@H](N)C(=O)O.N[C@@H](Cc1c[nH]cn1)C(=O)O.O=S(=O)(O)O.O=S(=O)(O)O. The number of hydrogen-bond acceptors (Lipinski definition) is 10. The van der Waals surface area contributed by atoms with Crippen molar-refractivity contribution in [2.75, 3.05) is 6.54 Å². The lowest BCUT2D eigenvalue weighted by Gasteiger charge is -2.06. The smallest absolute Gasteiger partial charge is 0.394 e. The third-order valence-corrected chi connectivity index (χ3v) is 2.63. The zero-order valence-corrected chi connectivity index (χ0v) is 18.4. The summed E-state index contributed by atoms with van der Waals surface area (Å²) in [4.78, 5) is 27.0. The quantitative estimate of drug-likeness (QED) is 0.0684. The molecule has 1 heterocycles. The Morgan fingerprint density at radius 3 is 1.76 bits per heavy atom. The van der Waals surface area contributed by atoms with Crippen molar-refractivity contribution in [1.82, 2.24) is 15.3 Å². The van der Waals surface area contributed by atoms with E-state index in [-0.39, 0.29) is 12.4 Å². The predicted octanol–water partition coefficient (Wildman–Crippen LogP) is -3.28. The van der Waals surface area contributed by atoms with E-state index >= 15 is 0 Å². The van der Waals surface area contributed by atoms with Gasteiger partial charge < -0.3 is 37.7 Å². The Bertz CT molecular complexity index is 859. The van der Waals surface area contributed by atoms with Gasteiger partial charge in [-0.25, -0.2) is 4.98 Å². The summed E-state index contributed by atoms with van der Waals surface area (Å²) in [5.74, 6) is -2.12. The van der Waals surface area contributed by atoms with Gasteiger partial charge in [-0.2, -0.15) is 16.8 Å². The zero-order chi connectivity index (χ0) is 26.8. The molecule has 0 unspecified atom stereocenters. The molecule has 19 nitrogen and oxygen atoms in total. The molecule has 15 N–H and O–H groups in total. The lowest BCUT2D eigenvalue weighted by molar-refractivity contribution is -0.139. The summed E-state index contributed by atoms with van der Waals surface area (Å²) >= 11 is 0. The molecule has 0 fully saturated rings. The van der Waals surface area contributed by atoms with Crippen molar-refractivity contribution in [1.29, 1.82) is 5.41 Å². The Balaban J connectivity index is -0.000000393. The molecule has 21 heteroatoms. The van der Waals surface area contributed by atoms with Crippen LogP contribution >= 0.6 is 0 Å². The molecule has 1 rings (SSSR count). The van der Waals surface area contributed by atoms with Gasteiger partial charge in [-0.1, -0.05) is 0 Å². The fourth-order valence-electron chi connectivity index (χ4n) is 1.38. The zero-order valence-electron chi connectivity index (χ0n) is 16.8. The second-order valence-corrected chi connectivity index (χ2v) is 7.32. The number of aromatic nitrogens is 2. The first kappa shape index (κ1) is 34.7. The number of aliphatic carboxylic acids is 2. The summed E-state index contributed by atoms with van der Waals surface area (Å²) in [7, 11) is -9.33. The van der Waals surface area contributed by atoms with E-state index in [4.69, 9.17) is 67.9 Å². The van der Waals surface area contributed by atoms with E-state index in [0.717, 1.165) is 0 Å². The molecule has 1 aromatic rings. The lowest BCUT2D eigenvalue weighted by atomic mass is 10.2. The number of rotatable bonds is 8. The Labute approximate surface area is 188 Å². The van der Waals surface area contributed by atoms with Crippen molar-refractivity contribution >= 4 is 38.7 Å². The number of imidazole rings is 1. The van der Waals surface area contributed by atoms with Gasteiger partial charge in [-0.15, -0.1) is 0 Å². The minimum atomic E-state index is -4.67. The van der Waals surface area contributed by atoms with Gasteiger partial charge in [0.25, 0.3) is 0 Å². The van der Waals surface area contributed by atoms with E-state index in [0.29, 0.717) is 25.1 Å². The summed E-state index contributed by atoms with van der Waals surface area (Å²) < 4.78 is 63.2. The van der Waals surface area contributed by atoms with Crippen LogP contribution in [0.3, 0.4) is 0 Å². The fraction of sp³-hybridized carbons (Fsp3) is 0.500. The van der Waals surface area contributed by atoms with Gasteiger partial charge in [-0.3, -0.25) is 33.2 Å². The number of H-pyrrole nitrogens is 1. The summed E-state index contributed by atoms with van der Waals surface area (Å²) in [5, 5.41) is 26.1. The topological polar surface area (TPSA) is 366 Å². The van der Waals surface area contributed by atoms with Gasteiger partial charge in [0.2, 0.25) is 0 Å². The molecule has 1 aromatic heterocycles. The summed E-state index contributed by atoms with van der Waals surface area (Å²) in [6.45, 7) is 0.482. The number of carboxylic acids is 2. The average molecular weight is 526 g/mol. The Hall–Kier alpha value is -2.92. The molecule has 0 radical (unpaired) electrons. The van der Waals surface area contributed by atoms with Crippen LogP contribution in [-0.4, -0.2) is 91.8 Å². The van der Waals surface area contributed by atoms with Gasteiger partial charge in [0, 0.05) is 19.2 Å². The van der Waals surface area contributed by atoms with Gasteiger partial charge in [0.05, 0.1) is 12.0 Å². The van der Waals surface area contributed by atoms with E-state index < -0.39 is 44.8 Å². The monoisotopic (exact) mass is 525 g/mol. The number of hydrogen-bond donors (Lipinski definition) is 12. The number of carboxylic acid groups (broad SMARTS) is 2. The largest absolute Gasteiger partial charge is 0.480 e. The molecular formula is C12H27N7O12S2. The van der Waals surface area contributed by atoms with E-state index in [1.807, 2.05) is 0 Å². The Kier molecular flexibility index (Phi) is 18.5. The summed E-state index contributed by atoms with van der Waals surface area (Å²) in [6, 6.07) is -1.68. The molecule has 0 aliphatic carbocycles. The Morgan fingerprint density at radius 1 is 1.03 bits per heavy atom. The van der Waals surface area contributed by atoms with Crippen molar-refractivity contribution in [2.45, 2.75) is 31.3 Å². The molecule has 194 valence electrons. The van der Waals surface area contributed by atoms with Gasteiger partial charge >= 0.3 is 32.7 Å². The highest BCUT2D eigenvalue weighted by atomic mass is 32.3. The highest BCUT2D eigenvalue weighted by molar-refractivity contribution is 7.80. The maximum absolute atomic E-state index is 10.3. The molecule has 0 spiro atoms. The number of nitrogens with one attached hydrogen (secondary N) is 3.